The van der Waals surface area contributed by atoms with E-state index in [9.17, 15) is 13.2 Å². The number of terminal acetylenes is 1. The summed E-state index contributed by atoms with van der Waals surface area (Å²) in [4.78, 5) is 0. The fourth-order valence-corrected chi connectivity index (χ4v) is 1.87. The Morgan fingerprint density at radius 3 is 2.35 bits per heavy atom. The second kappa shape index (κ2) is 7.20. The van der Waals surface area contributed by atoms with Gasteiger partial charge in [-0.2, -0.15) is 0 Å². The molecule has 1 N–H and O–H groups in total. The molecule has 0 spiro atoms. The number of halogens is 3. The van der Waals surface area contributed by atoms with Crippen molar-refractivity contribution in [3.63, 3.8) is 0 Å². The van der Waals surface area contributed by atoms with E-state index in [0.29, 0.717) is 6.42 Å². The Hall–Kier alpha value is -1.67. The van der Waals surface area contributed by atoms with Crippen LogP contribution >= 0.6 is 0 Å². The molecule has 20 heavy (non-hydrogen) atoms. The fourth-order valence-electron chi connectivity index (χ4n) is 1.87. The number of rotatable bonds is 6. The Bertz CT molecular complexity index is 448. The van der Waals surface area contributed by atoms with Crippen molar-refractivity contribution in [2.75, 3.05) is 0 Å². The van der Waals surface area contributed by atoms with Crippen LogP contribution in [0.15, 0.2) is 24.3 Å². The minimum Gasteiger partial charge on any atom is -0.406 e. The Kier molecular flexibility index (Phi) is 5.90. The van der Waals surface area contributed by atoms with Crippen molar-refractivity contribution in [2.24, 2.45) is 0 Å². The number of nitrogens with one attached hydrogen (secondary N) is 1. The van der Waals surface area contributed by atoms with E-state index < -0.39 is 6.36 Å². The largest absolute Gasteiger partial charge is 0.573 e. The Morgan fingerprint density at radius 2 is 1.90 bits per heavy atom. The third-order valence-electron chi connectivity index (χ3n) is 2.96. The van der Waals surface area contributed by atoms with Crippen LogP contribution in [0.3, 0.4) is 0 Å². The summed E-state index contributed by atoms with van der Waals surface area (Å²) in [5, 5.41) is 3.35. The highest BCUT2D eigenvalue weighted by Crippen LogP contribution is 2.24. The molecule has 0 saturated carbocycles. The molecule has 0 radical (unpaired) electrons. The van der Waals surface area contributed by atoms with Crippen LogP contribution in [0.4, 0.5) is 13.2 Å². The van der Waals surface area contributed by atoms with Gasteiger partial charge in [0.05, 0.1) is 0 Å². The summed E-state index contributed by atoms with van der Waals surface area (Å²) in [6.45, 7) is 3.97. The lowest BCUT2D eigenvalue weighted by atomic mass is 10.1. The zero-order valence-electron chi connectivity index (χ0n) is 11.5. The summed E-state index contributed by atoms with van der Waals surface area (Å²) < 4.78 is 40.0. The maximum absolute atomic E-state index is 12.0. The average Bonchev–Trinajstić information content (AvgIpc) is 2.37. The van der Waals surface area contributed by atoms with Crippen molar-refractivity contribution >= 4 is 0 Å². The smallest absolute Gasteiger partial charge is 0.406 e. The van der Waals surface area contributed by atoms with Crippen molar-refractivity contribution in [3.05, 3.63) is 29.8 Å². The Balaban J connectivity index is 2.66. The number of benzene rings is 1. The summed E-state index contributed by atoms with van der Waals surface area (Å²) in [7, 11) is 0. The molecule has 5 heteroatoms. The number of hydrogen-bond acceptors (Lipinski definition) is 2. The van der Waals surface area contributed by atoms with Crippen LogP contribution in [0.1, 0.15) is 38.3 Å². The molecule has 0 bridgehead atoms. The SMILES string of the molecule is C#CCC(CC)NC(C)c1ccc(OC(F)(F)F)cc1. The maximum Gasteiger partial charge on any atom is 0.573 e. The molecule has 0 aliphatic heterocycles. The van der Waals surface area contributed by atoms with Gasteiger partial charge in [0, 0.05) is 18.5 Å². The van der Waals surface area contributed by atoms with E-state index >= 15 is 0 Å². The van der Waals surface area contributed by atoms with E-state index in [2.05, 4.69) is 16.0 Å². The molecule has 1 aromatic carbocycles. The van der Waals surface area contributed by atoms with Gasteiger partial charge in [-0.15, -0.1) is 25.5 Å². The van der Waals surface area contributed by atoms with Gasteiger partial charge >= 0.3 is 6.36 Å². The van der Waals surface area contributed by atoms with Gasteiger partial charge in [0.15, 0.2) is 0 Å². The molecular weight excluding hydrogens is 267 g/mol. The third-order valence-corrected chi connectivity index (χ3v) is 2.96. The minimum atomic E-state index is -4.66. The van der Waals surface area contributed by atoms with Gasteiger partial charge < -0.3 is 10.1 Å². The van der Waals surface area contributed by atoms with Crippen LogP contribution in [-0.4, -0.2) is 12.4 Å². The first kappa shape index (κ1) is 16.4. The molecule has 1 rings (SSSR count). The molecule has 2 unspecified atom stereocenters. The molecular formula is C15H18F3NO. The molecule has 0 amide bonds. The Labute approximate surface area is 117 Å². The molecule has 0 aliphatic rings. The van der Waals surface area contributed by atoms with Crippen LogP contribution < -0.4 is 10.1 Å². The van der Waals surface area contributed by atoms with Crippen LogP contribution in [-0.2, 0) is 0 Å². The van der Waals surface area contributed by atoms with Crippen molar-refractivity contribution in [2.45, 2.75) is 45.1 Å². The summed E-state index contributed by atoms with van der Waals surface area (Å²) in [5.74, 6) is 2.38. The van der Waals surface area contributed by atoms with Crippen LogP contribution in [0, 0.1) is 12.3 Å². The predicted molar refractivity (Wildman–Crippen MR) is 72.2 cm³/mol. The fraction of sp³-hybridized carbons (Fsp3) is 0.467. The second-order valence-corrected chi connectivity index (χ2v) is 4.52. The van der Waals surface area contributed by atoms with E-state index in [1.807, 2.05) is 13.8 Å². The monoisotopic (exact) mass is 285 g/mol. The van der Waals surface area contributed by atoms with E-state index in [-0.39, 0.29) is 17.8 Å². The lowest BCUT2D eigenvalue weighted by molar-refractivity contribution is -0.274. The highest BCUT2D eigenvalue weighted by atomic mass is 19.4. The summed E-state index contributed by atoms with van der Waals surface area (Å²) in [5.41, 5.74) is 0.884. The van der Waals surface area contributed by atoms with Crippen molar-refractivity contribution in [1.82, 2.24) is 5.32 Å². The first-order valence-corrected chi connectivity index (χ1v) is 6.41. The molecule has 2 nitrogen and oxygen atoms in total. The first-order valence-electron chi connectivity index (χ1n) is 6.41. The van der Waals surface area contributed by atoms with Gasteiger partial charge in [-0.3, -0.25) is 0 Å². The minimum absolute atomic E-state index is 0.00763. The second-order valence-electron chi connectivity index (χ2n) is 4.52. The van der Waals surface area contributed by atoms with Gasteiger partial charge in [0.2, 0.25) is 0 Å². The number of alkyl halides is 3. The van der Waals surface area contributed by atoms with Crippen molar-refractivity contribution < 1.29 is 17.9 Å². The van der Waals surface area contributed by atoms with Gasteiger partial charge in [0.1, 0.15) is 5.75 Å². The summed E-state index contributed by atoms with van der Waals surface area (Å²) >= 11 is 0. The molecule has 0 aliphatic carbocycles. The van der Waals surface area contributed by atoms with E-state index in [1.54, 1.807) is 12.1 Å². The molecule has 1 aromatic rings. The quantitative estimate of drug-likeness (QED) is 0.797. The highest BCUT2D eigenvalue weighted by Gasteiger charge is 2.31. The zero-order valence-corrected chi connectivity index (χ0v) is 11.5. The third kappa shape index (κ3) is 5.54. The zero-order chi connectivity index (χ0) is 15.2. The van der Waals surface area contributed by atoms with Crippen molar-refractivity contribution in [1.29, 1.82) is 0 Å². The lowest BCUT2D eigenvalue weighted by Crippen LogP contribution is -2.30. The highest BCUT2D eigenvalue weighted by molar-refractivity contribution is 5.29. The maximum atomic E-state index is 12.0. The van der Waals surface area contributed by atoms with E-state index in [1.165, 1.54) is 12.1 Å². The van der Waals surface area contributed by atoms with E-state index in [0.717, 1.165) is 12.0 Å². The molecule has 110 valence electrons. The topological polar surface area (TPSA) is 21.3 Å². The van der Waals surface area contributed by atoms with Crippen LogP contribution in [0.5, 0.6) is 5.75 Å². The molecule has 0 saturated heterocycles. The first-order chi connectivity index (χ1) is 9.35. The van der Waals surface area contributed by atoms with Crippen molar-refractivity contribution in [3.8, 4) is 18.1 Å². The average molecular weight is 285 g/mol. The Morgan fingerprint density at radius 1 is 1.30 bits per heavy atom. The van der Waals surface area contributed by atoms with E-state index in [4.69, 9.17) is 6.42 Å². The summed E-state index contributed by atoms with van der Waals surface area (Å²) in [6, 6.07) is 6.05. The predicted octanol–water partition coefficient (Wildman–Crippen LogP) is 4.04. The molecule has 0 fully saturated rings. The van der Waals surface area contributed by atoms with Gasteiger partial charge in [0.25, 0.3) is 0 Å². The lowest BCUT2D eigenvalue weighted by Gasteiger charge is -2.21. The number of ether oxygens (including phenoxy) is 1. The van der Waals surface area contributed by atoms with Crippen LogP contribution in [0.25, 0.3) is 0 Å². The summed E-state index contributed by atoms with van der Waals surface area (Å²) in [6.07, 6.45) is 2.14. The molecule has 0 aromatic heterocycles. The van der Waals surface area contributed by atoms with Crippen LogP contribution in [0.2, 0.25) is 0 Å². The standard InChI is InChI=1S/C15H18F3NO/c1-4-6-13(5-2)19-11(3)12-7-9-14(10-8-12)20-15(16,17)18/h1,7-11,13,19H,5-6H2,2-3H3. The van der Waals surface area contributed by atoms with Gasteiger partial charge in [-0.1, -0.05) is 19.1 Å². The number of hydrogen-bond donors (Lipinski definition) is 1. The molecule has 0 heterocycles. The molecule has 2 atom stereocenters. The normalized spacial score (nSPS) is 14.4. The van der Waals surface area contributed by atoms with Gasteiger partial charge in [-0.25, -0.2) is 0 Å². The van der Waals surface area contributed by atoms with Gasteiger partial charge in [-0.05, 0) is 31.0 Å².